The molecule has 2 heterocycles. The molecule has 0 aromatic carbocycles. The molecule has 104 valence electrons. The van der Waals surface area contributed by atoms with Gasteiger partial charge in [-0.2, -0.15) is 0 Å². The molecule has 1 aliphatic carbocycles. The van der Waals surface area contributed by atoms with Gasteiger partial charge in [-0.25, -0.2) is 0 Å². The first-order valence-corrected chi connectivity index (χ1v) is 6.43. The van der Waals surface area contributed by atoms with Gasteiger partial charge in [0.15, 0.2) is 0 Å². The van der Waals surface area contributed by atoms with Crippen molar-refractivity contribution in [2.45, 2.75) is 25.7 Å². The number of hydrogen-bond donors (Lipinski definition) is 0. The summed E-state index contributed by atoms with van der Waals surface area (Å²) in [5, 5.41) is 0. The molecule has 0 aromatic heterocycles. The summed E-state index contributed by atoms with van der Waals surface area (Å²) in [6.45, 7) is 0. The second-order valence-electron chi connectivity index (χ2n) is 5.08. The minimum Gasteiger partial charge on any atom is -0.393 e. The highest BCUT2D eigenvalue weighted by Crippen LogP contribution is 2.35. The van der Waals surface area contributed by atoms with Crippen LogP contribution in [-0.2, 0) is 28.7 Å². The Balaban J connectivity index is 1.76. The summed E-state index contributed by atoms with van der Waals surface area (Å²) in [7, 11) is 0. The Morgan fingerprint density at radius 1 is 0.750 bits per heavy atom. The molecule has 3 aliphatic rings. The van der Waals surface area contributed by atoms with Gasteiger partial charge in [0.25, 0.3) is 0 Å². The van der Waals surface area contributed by atoms with Crippen molar-refractivity contribution in [2.24, 2.45) is 11.8 Å². The average Bonchev–Trinajstić information content (AvgIpc) is 2.92. The number of carbonyl (C=O) groups excluding carboxylic acids is 4. The third kappa shape index (κ3) is 2.17. The Morgan fingerprint density at radius 2 is 1.15 bits per heavy atom. The van der Waals surface area contributed by atoms with Crippen molar-refractivity contribution in [2.75, 3.05) is 0 Å². The maximum Gasteiger partial charge on any atom is 0.321 e. The Kier molecular flexibility index (Phi) is 3.00. The molecular weight excluding hydrogens is 264 g/mol. The van der Waals surface area contributed by atoms with E-state index in [1.165, 1.54) is 0 Å². The smallest absolute Gasteiger partial charge is 0.321 e. The Labute approximate surface area is 114 Å². The van der Waals surface area contributed by atoms with E-state index in [9.17, 15) is 19.2 Å². The summed E-state index contributed by atoms with van der Waals surface area (Å²) in [5.74, 6) is -3.02. The SMILES string of the molecule is O=C1CC(C2=CC=C(C3CC(=O)OC3=O)CC2)C(=O)O1. The molecule has 20 heavy (non-hydrogen) atoms. The van der Waals surface area contributed by atoms with Gasteiger partial charge in [0, 0.05) is 0 Å². The second kappa shape index (κ2) is 4.70. The van der Waals surface area contributed by atoms with Crippen molar-refractivity contribution < 1.29 is 28.7 Å². The van der Waals surface area contributed by atoms with Crippen molar-refractivity contribution in [3.05, 3.63) is 23.3 Å². The van der Waals surface area contributed by atoms with Crippen LogP contribution in [0.4, 0.5) is 0 Å². The number of carbonyl (C=O) groups is 4. The second-order valence-corrected chi connectivity index (χ2v) is 5.08. The van der Waals surface area contributed by atoms with E-state index >= 15 is 0 Å². The van der Waals surface area contributed by atoms with E-state index in [2.05, 4.69) is 9.47 Å². The zero-order valence-corrected chi connectivity index (χ0v) is 10.6. The van der Waals surface area contributed by atoms with Crippen molar-refractivity contribution >= 4 is 23.9 Å². The summed E-state index contributed by atoms with van der Waals surface area (Å²) in [5.41, 5.74) is 1.67. The number of rotatable bonds is 2. The molecule has 2 saturated heterocycles. The lowest BCUT2D eigenvalue weighted by Gasteiger charge is -2.18. The van der Waals surface area contributed by atoms with E-state index in [1.807, 2.05) is 0 Å². The monoisotopic (exact) mass is 276 g/mol. The first-order chi connectivity index (χ1) is 9.54. The molecule has 3 rings (SSSR count). The normalized spacial score (nSPS) is 30.0. The summed E-state index contributed by atoms with van der Waals surface area (Å²) in [6, 6.07) is 0. The summed E-state index contributed by atoms with van der Waals surface area (Å²) >= 11 is 0. The molecule has 0 radical (unpaired) electrons. The summed E-state index contributed by atoms with van der Waals surface area (Å²) < 4.78 is 9.05. The third-order valence-electron chi connectivity index (χ3n) is 3.85. The molecule has 0 saturated carbocycles. The summed E-state index contributed by atoms with van der Waals surface area (Å²) in [4.78, 5) is 45.1. The van der Waals surface area contributed by atoms with Gasteiger partial charge >= 0.3 is 23.9 Å². The molecular formula is C14H12O6. The largest absolute Gasteiger partial charge is 0.393 e. The zero-order chi connectivity index (χ0) is 14.3. The lowest BCUT2D eigenvalue weighted by molar-refractivity contribution is -0.154. The maximum absolute atomic E-state index is 11.5. The van der Waals surface area contributed by atoms with Crippen molar-refractivity contribution in [3.63, 3.8) is 0 Å². The number of esters is 4. The van der Waals surface area contributed by atoms with E-state index < -0.39 is 35.7 Å². The highest BCUT2D eigenvalue weighted by Gasteiger charge is 2.39. The van der Waals surface area contributed by atoms with Crippen LogP contribution in [0.3, 0.4) is 0 Å². The predicted molar refractivity (Wildman–Crippen MR) is 63.8 cm³/mol. The van der Waals surface area contributed by atoms with Crippen LogP contribution in [0.15, 0.2) is 23.3 Å². The van der Waals surface area contributed by atoms with E-state index in [0.29, 0.717) is 12.8 Å². The highest BCUT2D eigenvalue weighted by molar-refractivity contribution is 5.97. The lowest BCUT2D eigenvalue weighted by Crippen LogP contribution is -2.16. The van der Waals surface area contributed by atoms with Crippen LogP contribution >= 0.6 is 0 Å². The molecule has 0 aromatic rings. The molecule has 6 heteroatoms. The van der Waals surface area contributed by atoms with Crippen LogP contribution in [0, 0.1) is 11.8 Å². The Hall–Kier alpha value is -2.24. The maximum atomic E-state index is 11.5. The summed E-state index contributed by atoms with van der Waals surface area (Å²) in [6.07, 6.45) is 4.82. The van der Waals surface area contributed by atoms with E-state index in [0.717, 1.165) is 11.1 Å². The van der Waals surface area contributed by atoms with Crippen LogP contribution in [0.25, 0.3) is 0 Å². The molecule has 0 spiro atoms. The van der Waals surface area contributed by atoms with Crippen LogP contribution in [0.5, 0.6) is 0 Å². The van der Waals surface area contributed by atoms with Gasteiger partial charge in [-0.1, -0.05) is 23.3 Å². The van der Waals surface area contributed by atoms with Crippen molar-refractivity contribution in [1.82, 2.24) is 0 Å². The molecule has 2 fully saturated rings. The molecule has 2 unspecified atom stereocenters. The topological polar surface area (TPSA) is 86.7 Å². The molecule has 0 N–H and O–H groups in total. The third-order valence-corrected chi connectivity index (χ3v) is 3.85. The van der Waals surface area contributed by atoms with Gasteiger partial charge in [-0.3, -0.25) is 19.2 Å². The van der Waals surface area contributed by atoms with Gasteiger partial charge in [0.2, 0.25) is 0 Å². The fourth-order valence-corrected chi connectivity index (χ4v) is 2.77. The van der Waals surface area contributed by atoms with Gasteiger partial charge in [-0.05, 0) is 12.8 Å². The molecule has 2 aliphatic heterocycles. The lowest BCUT2D eigenvalue weighted by atomic mass is 9.83. The fourth-order valence-electron chi connectivity index (χ4n) is 2.77. The van der Waals surface area contributed by atoms with Gasteiger partial charge in [-0.15, -0.1) is 0 Å². The Morgan fingerprint density at radius 3 is 1.40 bits per heavy atom. The number of allylic oxidation sites excluding steroid dienone is 2. The fraction of sp³-hybridized carbons (Fsp3) is 0.429. The molecule has 0 bridgehead atoms. The quantitative estimate of drug-likeness (QED) is 0.548. The number of ether oxygens (including phenoxy) is 2. The van der Waals surface area contributed by atoms with Gasteiger partial charge < -0.3 is 9.47 Å². The van der Waals surface area contributed by atoms with Crippen LogP contribution in [0.1, 0.15) is 25.7 Å². The highest BCUT2D eigenvalue weighted by atomic mass is 16.6. The van der Waals surface area contributed by atoms with E-state index in [4.69, 9.17) is 0 Å². The van der Waals surface area contributed by atoms with E-state index in [-0.39, 0.29) is 12.8 Å². The standard InChI is InChI=1S/C14H12O6/c15-11-5-9(13(17)19-11)7-1-2-8(4-3-7)10-6-12(16)20-14(10)18/h1-2,9-10H,3-6H2. The average molecular weight is 276 g/mol. The van der Waals surface area contributed by atoms with Crippen LogP contribution in [0.2, 0.25) is 0 Å². The predicted octanol–water partition coefficient (Wildman–Crippen LogP) is 0.812. The van der Waals surface area contributed by atoms with Crippen molar-refractivity contribution in [3.8, 4) is 0 Å². The minimum absolute atomic E-state index is 0.0811. The first kappa shape index (κ1) is 12.8. The number of hydrogen-bond acceptors (Lipinski definition) is 6. The van der Waals surface area contributed by atoms with Crippen LogP contribution < -0.4 is 0 Å². The van der Waals surface area contributed by atoms with E-state index in [1.54, 1.807) is 12.2 Å². The first-order valence-electron chi connectivity index (χ1n) is 6.43. The molecule has 6 nitrogen and oxygen atoms in total. The zero-order valence-electron chi connectivity index (χ0n) is 10.6. The number of cyclic esters (lactones) is 4. The molecule has 2 atom stereocenters. The minimum atomic E-state index is -0.506. The molecule has 0 amide bonds. The van der Waals surface area contributed by atoms with Gasteiger partial charge in [0.1, 0.15) is 0 Å². The van der Waals surface area contributed by atoms with Crippen molar-refractivity contribution in [1.29, 1.82) is 0 Å². The Bertz CT molecular complexity index is 530. The van der Waals surface area contributed by atoms with Crippen LogP contribution in [-0.4, -0.2) is 23.9 Å². The van der Waals surface area contributed by atoms with Gasteiger partial charge in [0.05, 0.1) is 24.7 Å².